The summed E-state index contributed by atoms with van der Waals surface area (Å²) >= 11 is 1.57. The minimum atomic E-state index is -0.417. The van der Waals surface area contributed by atoms with Crippen molar-refractivity contribution in [3.05, 3.63) is 56.7 Å². The molecule has 2 aromatic heterocycles. The number of nitrogens with one attached hydrogen (secondary N) is 1. The molecule has 7 heteroatoms. The summed E-state index contributed by atoms with van der Waals surface area (Å²) in [4.78, 5) is 20.1. The summed E-state index contributed by atoms with van der Waals surface area (Å²) in [5.74, 6) is 0. The van der Waals surface area contributed by atoms with Crippen LogP contribution in [0.4, 0.5) is 11.4 Å². The van der Waals surface area contributed by atoms with Crippen LogP contribution in [0.5, 0.6) is 0 Å². The predicted octanol–water partition coefficient (Wildman–Crippen LogP) is 3.52. The number of aryl methyl sites for hydroxylation is 1. The van der Waals surface area contributed by atoms with Gasteiger partial charge in [0.25, 0.3) is 0 Å². The van der Waals surface area contributed by atoms with Gasteiger partial charge in [-0.1, -0.05) is 18.2 Å². The number of hydrogen-bond acceptors (Lipinski definition) is 6. The van der Waals surface area contributed by atoms with Crippen LogP contribution in [0.15, 0.2) is 36.7 Å². The molecule has 0 aliphatic heterocycles. The van der Waals surface area contributed by atoms with E-state index in [4.69, 9.17) is 0 Å². The maximum atomic E-state index is 11.2. The first-order chi connectivity index (χ1) is 10.1. The minimum absolute atomic E-state index is 0.0186. The number of anilines is 1. The molecule has 0 radical (unpaired) electrons. The van der Waals surface area contributed by atoms with Crippen LogP contribution in [0.1, 0.15) is 9.88 Å². The number of nitro groups is 1. The summed E-state index contributed by atoms with van der Waals surface area (Å²) in [6.45, 7) is 2.43. The highest BCUT2D eigenvalue weighted by molar-refractivity contribution is 7.11. The number of para-hydroxylation sites is 1. The highest BCUT2D eigenvalue weighted by Crippen LogP contribution is 2.32. The lowest BCUT2D eigenvalue weighted by atomic mass is 10.1. The Kier molecular flexibility index (Phi) is 3.49. The van der Waals surface area contributed by atoms with Crippen molar-refractivity contribution in [2.24, 2.45) is 0 Å². The van der Waals surface area contributed by atoms with E-state index in [1.807, 2.05) is 31.2 Å². The van der Waals surface area contributed by atoms with E-state index in [2.05, 4.69) is 15.3 Å². The van der Waals surface area contributed by atoms with Gasteiger partial charge in [-0.3, -0.25) is 10.1 Å². The molecule has 0 bridgehead atoms. The molecule has 0 saturated carbocycles. The second-order valence-electron chi connectivity index (χ2n) is 4.49. The summed E-state index contributed by atoms with van der Waals surface area (Å²) in [6.07, 6.45) is 3.07. The second-order valence-corrected chi connectivity index (χ2v) is 5.81. The molecular formula is C14H12N4O2S. The van der Waals surface area contributed by atoms with Crippen LogP contribution in [-0.2, 0) is 6.54 Å². The lowest BCUT2D eigenvalue weighted by molar-refractivity contribution is -0.384. The third kappa shape index (κ3) is 2.68. The molecule has 0 spiro atoms. The zero-order valence-electron chi connectivity index (χ0n) is 11.2. The van der Waals surface area contributed by atoms with E-state index in [1.54, 1.807) is 17.5 Å². The molecule has 2 heterocycles. The van der Waals surface area contributed by atoms with Gasteiger partial charge in [-0.05, 0) is 13.0 Å². The fraction of sp³-hybridized carbons (Fsp3) is 0.143. The fourth-order valence-corrected chi connectivity index (χ4v) is 2.85. The summed E-state index contributed by atoms with van der Waals surface area (Å²) in [6, 6.07) is 7.37. The molecule has 0 aliphatic carbocycles. The van der Waals surface area contributed by atoms with Crippen molar-refractivity contribution in [1.29, 1.82) is 0 Å². The summed E-state index contributed by atoms with van der Waals surface area (Å²) in [7, 11) is 0. The number of fused-ring (bicyclic) bond motifs is 1. The third-order valence-electron chi connectivity index (χ3n) is 3.06. The topological polar surface area (TPSA) is 81.0 Å². The van der Waals surface area contributed by atoms with Gasteiger partial charge in [0.1, 0.15) is 11.9 Å². The first kappa shape index (κ1) is 13.4. The standard InChI is InChI=1S/C14H12N4O2S/c1-9-15-6-10(21-9)7-17-14-11-4-2-3-5-12(11)16-8-13(14)18(19)20/h2-6,8H,7H2,1H3,(H,16,17). The van der Waals surface area contributed by atoms with Gasteiger partial charge in [0.2, 0.25) is 0 Å². The van der Waals surface area contributed by atoms with Crippen molar-refractivity contribution in [1.82, 2.24) is 9.97 Å². The quantitative estimate of drug-likeness (QED) is 0.589. The van der Waals surface area contributed by atoms with Gasteiger partial charge in [0.15, 0.2) is 0 Å². The molecule has 1 N–H and O–H groups in total. The van der Waals surface area contributed by atoms with Crippen LogP contribution in [0.2, 0.25) is 0 Å². The molecule has 1 aromatic carbocycles. The molecule has 0 aliphatic rings. The van der Waals surface area contributed by atoms with Crippen molar-refractivity contribution in [3.8, 4) is 0 Å². The van der Waals surface area contributed by atoms with Crippen LogP contribution in [0, 0.1) is 17.0 Å². The predicted molar refractivity (Wildman–Crippen MR) is 82.6 cm³/mol. The fourth-order valence-electron chi connectivity index (χ4n) is 2.12. The van der Waals surface area contributed by atoms with Crippen molar-refractivity contribution in [2.75, 3.05) is 5.32 Å². The average Bonchev–Trinajstić information content (AvgIpc) is 2.90. The maximum Gasteiger partial charge on any atom is 0.311 e. The number of rotatable bonds is 4. The van der Waals surface area contributed by atoms with Crippen LogP contribution < -0.4 is 5.32 Å². The zero-order chi connectivity index (χ0) is 14.8. The molecule has 6 nitrogen and oxygen atoms in total. The van der Waals surface area contributed by atoms with Crippen LogP contribution in [0.3, 0.4) is 0 Å². The Balaban J connectivity index is 2.01. The van der Waals surface area contributed by atoms with Crippen molar-refractivity contribution < 1.29 is 4.92 Å². The lowest BCUT2D eigenvalue weighted by Crippen LogP contribution is -2.03. The molecule has 0 atom stereocenters. The van der Waals surface area contributed by atoms with Crippen molar-refractivity contribution >= 4 is 33.6 Å². The van der Waals surface area contributed by atoms with Gasteiger partial charge in [-0.25, -0.2) is 9.97 Å². The van der Waals surface area contributed by atoms with Gasteiger partial charge >= 0.3 is 5.69 Å². The van der Waals surface area contributed by atoms with Crippen LogP contribution in [0.25, 0.3) is 10.9 Å². The molecular weight excluding hydrogens is 288 g/mol. The summed E-state index contributed by atoms with van der Waals surface area (Å²) < 4.78 is 0. The van der Waals surface area contributed by atoms with Gasteiger partial charge in [0, 0.05) is 16.5 Å². The van der Waals surface area contributed by atoms with Crippen molar-refractivity contribution in [2.45, 2.75) is 13.5 Å². The van der Waals surface area contributed by atoms with E-state index in [9.17, 15) is 10.1 Å². The third-order valence-corrected chi connectivity index (χ3v) is 3.97. The summed E-state index contributed by atoms with van der Waals surface area (Å²) in [5, 5.41) is 16.1. The Hall–Kier alpha value is -2.54. The van der Waals surface area contributed by atoms with E-state index >= 15 is 0 Å². The molecule has 0 fully saturated rings. The highest BCUT2D eigenvalue weighted by atomic mass is 32.1. The normalized spacial score (nSPS) is 10.7. The molecule has 3 rings (SSSR count). The minimum Gasteiger partial charge on any atom is -0.374 e. The van der Waals surface area contributed by atoms with Gasteiger partial charge in [-0.15, -0.1) is 11.3 Å². The second kappa shape index (κ2) is 5.45. The first-order valence-corrected chi connectivity index (χ1v) is 7.14. The SMILES string of the molecule is Cc1ncc(CNc2c([N+](=O)[O-])cnc3ccccc23)s1. The Labute approximate surface area is 124 Å². The highest BCUT2D eigenvalue weighted by Gasteiger charge is 2.17. The number of benzene rings is 1. The number of nitrogens with zero attached hydrogens (tertiary/aromatic N) is 3. The Morgan fingerprint density at radius 3 is 2.81 bits per heavy atom. The zero-order valence-corrected chi connectivity index (χ0v) is 12.1. The van der Waals surface area contributed by atoms with E-state index in [0.29, 0.717) is 12.2 Å². The van der Waals surface area contributed by atoms with E-state index < -0.39 is 4.92 Å². The Bertz CT molecular complexity index is 816. The lowest BCUT2D eigenvalue weighted by Gasteiger charge is -2.08. The van der Waals surface area contributed by atoms with Crippen molar-refractivity contribution in [3.63, 3.8) is 0 Å². The molecule has 106 valence electrons. The number of aromatic nitrogens is 2. The number of thiazole rings is 1. The molecule has 0 saturated heterocycles. The Morgan fingerprint density at radius 2 is 2.10 bits per heavy atom. The monoisotopic (exact) mass is 300 g/mol. The number of pyridine rings is 1. The molecule has 0 unspecified atom stereocenters. The average molecular weight is 300 g/mol. The first-order valence-electron chi connectivity index (χ1n) is 6.32. The Morgan fingerprint density at radius 1 is 1.29 bits per heavy atom. The molecule has 0 amide bonds. The van der Waals surface area contributed by atoms with E-state index in [0.717, 1.165) is 20.8 Å². The van der Waals surface area contributed by atoms with Crippen LogP contribution >= 0.6 is 11.3 Å². The van der Waals surface area contributed by atoms with E-state index in [1.165, 1.54) is 6.20 Å². The maximum absolute atomic E-state index is 11.2. The van der Waals surface area contributed by atoms with Gasteiger partial charge < -0.3 is 5.32 Å². The van der Waals surface area contributed by atoms with Gasteiger partial charge in [0.05, 0.1) is 22.0 Å². The van der Waals surface area contributed by atoms with Gasteiger partial charge in [-0.2, -0.15) is 0 Å². The summed E-state index contributed by atoms with van der Waals surface area (Å²) in [5.41, 5.74) is 1.21. The van der Waals surface area contributed by atoms with Crippen LogP contribution in [-0.4, -0.2) is 14.9 Å². The molecule has 3 aromatic rings. The number of hydrogen-bond donors (Lipinski definition) is 1. The van der Waals surface area contributed by atoms with E-state index in [-0.39, 0.29) is 5.69 Å². The smallest absolute Gasteiger partial charge is 0.311 e. The molecule has 21 heavy (non-hydrogen) atoms. The largest absolute Gasteiger partial charge is 0.374 e.